The molecule has 1 heterocycles. The minimum atomic E-state index is 0.109. The summed E-state index contributed by atoms with van der Waals surface area (Å²) in [4.78, 5) is 27.1. The van der Waals surface area contributed by atoms with E-state index in [9.17, 15) is 9.59 Å². The van der Waals surface area contributed by atoms with Crippen molar-refractivity contribution in [1.82, 2.24) is 9.80 Å². The van der Waals surface area contributed by atoms with Crippen LogP contribution < -0.4 is 0 Å². The van der Waals surface area contributed by atoms with Gasteiger partial charge in [-0.1, -0.05) is 0 Å². The van der Waals surface area contributed by atoms with Crippen LogP contribution in [0.15, 0.2) is 0 Å². The van der Waals surface area contributed by atoms with E-state index < -0.39 is 0 Å². The van der Waals surface area contributed by atoms with Crippen LogP contribution in [0.5, 0.6) is 0 Å². The number of nitrogens with zero attached hydrogens (tertiary/aromatic N) is 2. The lowest BCUT2D eigenvalue weighted by molar-refractivity contribution is -0.136. The maximum absolute atomic E-state index is 12.3. The molecule has 1 unspecified atom stereocenters. The normalized spacial score (nSPS) is 21.3. The molecule has 0 aromatic rings. The molecule has 0 radical (unpaired) electrons. The van der Waals surface area contributed by atoms with E-state index in [2.05, 4.69) is 4.90 Å². The molecule has 1 aliphatic rings. The van der Waals surface area contributed by atoms with Gasteiger partial charge in [0.05, 0.1) is 6.54 Å². The van der Waals surface area contributed by atoms with Crippen LogP contribution in [0.2, 0.25) is 0 Å². The number of likely N-dealkylation sites (tertiary alicyclic amines) is 1. The van der Waals surface area contributed by atoms with Gasteiger partial charge in [0.25, 0.3) is 0 Å². The van der Waals surface area contributed by atoms with Crippen LogP contribution in [0.25, 0.3) is 0 Å². The zero-order valence-electron chi connectivity index (χ0n) is 12.1. The third-order valence-electron chi connectivity index (χ3n) is 3.49. The quantitative estimate of drug-likeness (QED) is 0.699. The molecule has 1 saturated heterocycles. The Morgan fingerprint density at radius 3 is 2.44 bits per heavy atom. The molecule has 1 aliphatic heterocycles. The fraction of sp³-hybridized carbons (Fsp3) is 0.857. The fourth-order valence-electron chi connectivity index (χ4n) is 2.79. The van der Waals surface area contributed by atoms with Crippen molar-refractivity contribution in [3.63, 3.8) is 0 Å². The monoisotopic (exact) mass is 254 g/mol. The summed E-state index contributed by atoms with van der Waals surface area (Å²) in [6.45, 7) is 10.3. The molecule has 4 heteroatoms. The summed E-state index contributed by atoms with van der Waals surface area (Å²) in [6.07, 6.45) is 3.01. The van der Waals surface area contributed by atoms with Crippen LogP contribution in [0.1, 0.15) is 40.5 Å². The number of carbonyl (C=O) groups is 2. The van der Waals surface area contributed by atoms with Gasteiger partial charge in [-0.05, 0) is 47.1 Å². The molecule has 104 valence electrons. The lowest BCUT2D eigenvalue weighted by Gasteiger charge is -2.35. The van der Waals surface area contributed by atoms with Crippen molar-refractivity contribution in [3.05, 3.63) is 0 Å². The highest BCUT2D eigenvalue weighted by molar-refractivity contribution is 5.79. The second-order valence-corrected chi connectivity index (χ2v) is 5.76. The number of piperidine rings is 1. The number of carbonyl (C=O) groups excluding carboxylic acids is 2. The van der Waals surface area contributed by atoms with Crippen molar-refractivity contribution in [2.24, 2.45) is 5.92 Å². The van der Waals surface area contributed by atoms with Gasteiger partial charge >= 0.3 is 0 Å². The van der Waals surface area contributed by atoms with Crippen LogP contribution >= 0.6 is 0 Å². The molecule has 0 aromatic carbocycles. The third-order valence-corrected chi connectivity index (χ3v) is 3.49. The first-order valence-corrected chi connectivity index (χ1v) is 6.94. The van der Waals surface area contributed by atoms with Crippen LogP contribution in [0.3, 0.4) is 0 Å². The summed E-state index contributed by atoms with van der Waals surface area (Å²) in [5, 5.41) is 0. The summed E-state index contributed by atoms with van der Waals surface area (Å²) in [7, 11) is 0. The zero-order chi connectivity index (χ0) is 13.7. The lowest BCUT2D eigenvalue weighted by Crippen LogP contribution is -2.49. The van der Waals surface area contributed by atoms with Crippen LogP contribution in [0, 0.1) is 5.92 Å². The predicted molar refractivity (Wildman–Crippen MR) is 72.3 cm³/mol. The highest BCUT2D eigenvalue weighted by atomic mass is 16.2. The molecule has 0 aliphatic carbocycles. The Kier molecular flexibility index (Phi) is 5.79. The smallest absolute Gasteiger partial charge is 0.237 e. The first kappa shape index (κ1) is 15.2. The Morgan fingerprint density at radius 1 is 1.33 bits per heavy atom. The van der Waals surface area contributed by atoms with Gasteiger partial charge in [0, 0.05) is 24.5 Å². The average molecular weight is 254 g/mol. The van der Waals surface area contributed by atoms with Gasteiger partial charge in [-0.2, -0.15) is 0 Å². The predicted octanol–water partition coefficient (Wildman–Crippen LogP) is 1.54. The van der Waals surface area contributed by atoms with Gasteiger partial charge in [-0.15, -0.1) is 0 Å². The highest BCUT2D eigenvalue weighted by Gasteiger charge is 2.25. The Morgan fingerprint density at radius 2 is 1.94 bits per heavy atom. The molecular weight excluding hydrogens is 228 g/mol. The first-order chi connectivity index (χ1) is 8.45. The molecule has 1 amide bonds. The molecule has 1 fully saturated rings. The fourth-order valence-corrected chi connectivity index (χ4v) is 2.79. The summed E-state index contributed by atoms with van der Waals surface area (Å²) < 4.78 is 0. The number of amides is 1. The Balaban J connectivity index is 2.54. The van der Waals surface area contributed by atoms with Crippen molar-refractivity contribution in [1.29, 1.82) is 0 Å². The molecule has 1 atom stereocenters. The molecule has 0 saturated carbocycles. The van der Waals surface area contributed by atoms with E-state index >= 15 is 0 Å². The van der Waals surface area contributed by atoms with Gasteiger partial charge in [0.1, 0.15) is 6.29 Å². The van der Waals surface area contributed by atoms with Crippen LogP contribution in [-0.2, 0) is 9.59 Å². The third kappa shape index (κ3) is 4.09. The lowest BCUT2D eigenvalue weighted by atomic mass is 10.00. The molecule has 0 bridgehead atoms. The second kappa shape index (κ2) is 6.88. The molecular formula is C14H26N2O2. The van der Waals surface area contributed by atoms with Gasteiger partial charge in [-0.25, -0.2) is 0 Å². The standard InChI is InChI=1S/C14H26N2O2/c1-11(2)16(12(3)4)14(18)9-15-7-5-6-13(8-15)10-17/h10-13H,5-9H2,1-4H3. The summed E-state index contributed by atoms with van der Waals surface area (Å²) >= 11 is 0. The number of hydrogen-bond donors (Lipinski definition) is 0. The molecule has 4 nitrogen and oxygen atoms in total. The molecule has 1 rings (SSSR count). The maximum atomic E-state index is 12.3. The van der Waals surface area contributed by atoms with Crippen molar-refractivity contribution >= 4 is 12.2 Å². The number of hydrogen-bond acceptors (Lipinski definition) is 3. The Bertz CT molecular complexity index is 282. The summed E-state index contributed by atoms with van der Waals surface area (Å²) in [5.74, 6) is 0.282. The highest BCUT2D eigenvalue weighted by Crippen LogP contribution is 2.15. The number of rotatable bonds is 5. The zero-order valence-corrected chi connectivity index (χ0v) is 12.1. The summed E-state index contributed by atoms with van der Waals surface area (Å²) in [6, 6.07) is 0.452. The minimum absolute atomic E-state index is 0.109. The van der Waals surface area contributed by atoms with E-state index in [1.807, 2.05) is 32.6 Å². The topological polar surface area (TPSA) is 40.6 Å². The Hall–Kier alpha value is -0.900. The SMILES string of the molecule is CC(C)N(C(=O)CN1CCCC(C=O)C1)C(C)C. The van der Waals surface area contributed by atoms with E-state index in [4.69, 9.17) is 0 Å². The van der Waals surface area contributed by atoms with Crippen molar-refractivity contribution in [2.45, 2.75) is 52.6 Å². The number of aldehydes is 1. The van der Waals surface area contributed by atoms with Crippen molar-refractivity contribution < 1.29 is 9.59 Å². The van der Waals surface area contributed by atoms with E-state index in [1.165, 1.54) is 0 Å². The largest absolute Gasteiger partial charge is 0.337 e. The van der Waals surface area contributed by atoms with E-state index in [0.29, 0.717) is 6.54 Å². The van der Waals surface area contributed by atoms with Gasteiger partial charge in [0.15, 0.2) is 0 Å². The molecule has 0 aromatic heterocycles. The van der Waals surface area contributed by atoms with Crippen LogP contribution in [0.4, 0.5) is 0 Å². The van der Waals surface area contributed by atoms with Gasteiger partial charge in [-0.3, -0.25) is 9.69 Å². The molecule has 0 N–H and O–H groups in total. The molecule has 18 heavy (non-hydrogen) atoms. The van der Waals surface area contributed by atoms with Gasteiger partial charge in [0.2, 0.25) is 5.91 Å². The van der Waals surface area contributed by atoms with E-state index in [1.54, 1.807) is 0 Å². The van der Waals surface area contributed by atoms with E-state index in [0.717, 1.165) is 32.2 Å². The maximum Gasteiger partial charge on any atom is 0.237 e. The molecule has 0 spiro atoms. The minimum Gasteiger partial charge on any atom is -0.337 e. The van der Waals surface area contributed by atoms with Crippen molar-refractivity contribution in [2.75, 3.05) is 19.6 Å². The van der Waals surface area contributed by atoms with E-state index in [-0.39, 0.29) is 23.9 Å². The summed E-state index contributed by atoms with van der Waals surface area (Å²) in [5.41, 5.74) is 0. The van der Waals surface area contributed by atoms with Crippen molar-refractivity contribution in [3.8, 4) is 0 Å². The van der Waals surface area contributed by atoms with Crippen LogP contribution in [-0.4, -0.2) is 53.7 Å². The first-order valence-electron chi connectivity index (χ1n) is 6.94. The van der Waals surface area contributed by atoms with Gasteiger partial charge < -0.3 is 9.69 Å². The average Bonchev–Trinajstić information content (AvgIpc) is 2.28. The second-order valence-electron chi connectivity index (χ2n) is 5.76. The Labute approximate surface area is 110 Å².